The molecule has 0 saturated carbocycles. The van der Waals surface area contributed by atoms with Crippen molar-refractivity contribution in [2.24, 2.45) is 0 Å². The summed E-state index contributed by atoms with van der Waals surface area (Å²) in [6, 6.07) is 28.3. The molecule has 5 nitrogen and oxygen atoms in total. The van der Waals surface area contributed by atoms with Gasteiger partial charge in [-0.25, -0.2) is 0 Å². The Kier molecular flexibility index (Phi) is 7.86. The van der Waals surface area contributed by atoms with E-state index < -0.39 is 0 Å². The van der Waals surface area contributed by atoms with Crippen LogP contribution < -0.4 is 4.74 Å². The minimum Gasteiger partial charge on any atom is -0.456 e. The number of benzene rings is 6. The standard InChI is InChI=1S/C36H34O5/c37-19-15-27-23-7-1-3-9-25(23)31(17-21-39)35-29(27)11-5-13-33(35)41-34-14-6-12-30-28(16-20-38)24-8-2-4-10-26(24)32(18-22-40)36(30)34/h1-14,37-40H,15-22H2. The number of aliphatic hydroxyl groups is 4. The van der Waals surface area contributed by atoms with Gasteiger partial charge in [-0.1, -0.05) is 72.8 Å². The molecule has 0 radical (unpaired) electrons. The van der Waals surface area contributed by atoms with E-state index in [4.69, 9.17) is 4.74 Å². The molecule has 6 aromatic rings. The van der Waals surface area contributed by atoms with Crippen LogP contribution in [0.3, 0.4) is 0 Å². The number of hydrogen-bond acceptors (Lipinski definition) is 5. The van der Waals surface area contributed by atoms with Gasteiger partial charge < -0.3 is 25.2 Å². The Morgan fingerprint density at radius 2 is 0.683 bits per heavy atom. The smallest absolute Gasteiger partial charge is 0.135 e. The van der Waals surface area contributed by atoms with Gasteiger partial charge in [0.1, 0.15) is 11.5 Å². The maximum Gasteiger partial charge on any atom is 0.135 e. The predicted molar refractivity (Wildman–Crippen MR) is 166 cm³/mol. The minimum atomic E-state index is -0.00179. The van der Waals surface area contributed by atoms with E-state index in [2.05, 4.69) is 36.4 Å². The van der Waals surface area contributed by atoms with Gasteiger partial charge >= 0.3 is 0 Å². The molecule has 6 aromatic carbocycles. The van der Waals surface area contributed by atoms with Gasteiger partial charge in [-0.3, -0.25) is 0 Å². The van der Waals surface area contributed by atoms with Gasteiger partial charge in [-0.2, -0.15) is 0 Å². The van der Waals surface area contributed by atoms with Gasteiger partial charge in [0.25, 0.3) is 0 Å². The topological polar surface area (TPSA) is 90.2 Å². The van der Waals surface area contributed by atoms with Crippen molar-refractivity contribution >= 4 is 43.1 Å². The SMILES string of the molecule is OCCc1c2ccccc2c(CCO)c2c(Oc3cccc4c(CCO)c5ccccc5c(CCO)c34)cccc12. The van der Waals surface area contributed by atoms with Gasteiger partial charge in [0.15, 0.2) is 0 Å². The molecule has 0 amide bonds. The zero-order valence-corrected chi connectivity index (χ0v) is 22.9. The van der Waals surface area contributed by atoms with Crippen LogP contribution >= 0.6 is 0 Å². The van der Waals surface area contributed by atoms with Crippen molar-refractivity contribution in [1.29, 1.82) is 0 Å². The van der Waals surface area contributed by atoms with Crippen molar-refractivity contribution in [2.75, 3.05) is 26.4 Å². The molecule has 4 N–H and O–H groups in total. The van der Waals surface area contributed by atoms with Gasteiger partial charge in [-0.05, 0) is 92.4 Å². The first-order valence-electron chi connectivity index (χ1n) is 14.2. The molecule has 0 bridgehead atoms. The van der Waals surface area contributed by atoms with Crippen LogP contribution in [0.1, 0.15) is 22.3 Å². The fourth-order valence-electron chi connectivity index (χ4n) is 6.56. The highest BCUT2D eigenvalue weighted by Gasteiger charge is 2.20. The number of aliphatic hydroxyl groups excluding tert-OH is 4. The number of rotatable bonds is 10. The largest absolute Gasteiger partial charge is 0.456 e. The lowest BCUT2D eigenvalue weighted by atomic mass is 9.88. The van der Waals surface area contributed by atoms with Crippen LogP contribution in [0.2, 0.25) is 0 Å². The molecule has 5 heteroatoms. The Hall–Kier alpha value is -4.00. The Balaban J connectivity index is 1.67. The molecule has 0 aromatic heterocycles. The summed E-state index contributed by atoms with van der Waals surface area (Å²) in [5.41, 5.74) is 4.14. The van der Waals surface area contributed by atoms with Gasteiger partial charge in [0.2, 0.25) is 0 Å². The highest BCUT2D eigenvalue weighted by atomic mass is 16.5. The summed E-state index contributed by atoms with van der Waals surface area (Å²) < 4.78 is 6.85. The fourth-order valence-corrected chi connectivity index (χ4v) is 6.56. The van der Waals surface area contributed by atoms with Gasteiger partial charge in [0.05, 0.1) is 0 Å². The molecule has 41 heavy (non-hydrogen) atoms. The molecule has 0 aliphatic heterocycles. The highest BCUT2D eigenvalue weighted by molar-refractivity contribution is 6.10. The van der Waals surface area contributed by atoms with Crippen LogP contribution in [0.15, 0.2) is 84.9 Å². The first-order valence-corrected chi connectivity index (χ1v) is 14.2. The average molecular weight is 547 g/mol. The zero-order valence-electron chi connectivity index (χ0n) is 22.9. The lowest BCUT2D eigenvalue weighted by Gasteiger charge is -2.21. The van der Waals surface area contributed by atoms with E-state index >= 15 is 0 Å². The van der Waals surface area contributed by atoms with Crippen LogP contribution in [-0.4, -0.2) is 46.9 Å². The van der Waals surface area contributed by atoms with Crippen molar-refractivity contribution in [3.05, 3.63) is 107 Å². The monoisotopic (exact) mass is 546 g/mol. The lowest BCUT2D eigenvalue weighted by molar-refractivity contribution is 0.299. The second-order valence-electron chi connectivity index (χ2n) is 10.4. The highest BCUT2D eigenvalue weighted by Crippen LogP contribution is 2.44. The van der Waals surface area contributed by atoms with Crippen LogP contribution in [0.25, 0.3) is 43.1 Å². The van der Waals surface area contributed by atoms with Gasteiger partial charge in [-0.15, -0.1) is 0 Å². The van der Waals surface area contributed by atoms with Gasteiger partial charge in [0, 0.05) is 37.2 Å². The van der Waals surface area contributed by atoms with E-state index in [0.29, 0.717) is 37.2 Å². The molecule has 0 atom stereocenters. The summed E-state index contributed by atoms with van der Waals surface area (Å²) in [6.45, 7) is 0.0482. The lowest BCUT2D eigenvalue weighted by Crippen LogP contribution is -2.03. The molecular formula is C36H34O5. The maximum absolute atomic E-state index is 10.1. The summed E-state index contributed by atoms with van der Waals surface area (Å²) in [7, 11) is 0. The third-order valence-corrected chi connectivity index (χ3v) is 8.13. The molecular weight excluding hydrogens is 512 g/mol. The predicted octanol–water partition coefficient (Wildman–Crippen LogP) is 6.23. The zero-order chi connectivity index (χ0) is 28.3. The van der Waals surface area contributed by atoms with Crippen molar-refractivity contribution in [1.82, 2.24) is 0 Å². The third-order valence-electron chi connectivity index (χ3n) is 8.13. The molecule has 0 spiro atoms. The van der Waals surface area contributed by atoms with E-state index in [-0.39, 0.29) is 26.4 Å². The van der Waals surface area contributed by atoms with E-state index in [0.717, 1.165) is 65.3 Å². The first-order chi connectivity index (χ1) is 20.2. The van der Waals surface area contributed by atoms with Crippen LogP contribution in [-0.2, 0) is 25.7 Å². The Morgan fingerprint density at radius 1 is 0.366 bits per heavy atom. The number of ether oxygens (including phenoxy) is 1. The summed E-state index contributed by atoms with van der Waals surface area (Å²) in [5, 5.41) is 48.2. The van der Waals surface area contributed by atoms with Crippen molar-refractivity contribution in [3.63, 3.8) is 0 Å². The molecule has 0 saturated heterocycles. The number of hydrogen-bond donors (Lipinski definition) is 4. The maximum atomic E-state index is 10.1. The molecule has 0 aliphatic rings. The molecule has 0 unspecified atom stereocenters. The molecule has 6 rings (SSSR count). The van der Waals surface area contributed by atoms with Crippen LogP contribution in [0, 0.1) is 0 Å². The summed E-state index contributed by atoms with van der Waals surface area (Å²) in [6.07, 6.45) is 1.94. The summed E-state index contributed by atoms with van der Waals surface area (Å²) in [4.78, 5) is 0. The second kappa shape index (κ2) is 11.9. The quantitative estimate of drug-likeness (QED) is 0.153. The average Bonchev–Trinajstić information content (AvgIpc) is 3.00. The fraction of sp³-hybridized carbons (Fsp3) is 0.222. The first kappa shape index (κ1) is 27.2. The van der Waals surface area contributed by atoms with Crippen molar-refractivity contribution in [3.8, 4) is 11.5 Å². The molecule has 0 fully saturated rings. The summed E-state index contributed by atoms with van der Waals surface area (Å²) >= 11 is 0. The Morgan fingerprint density at radius 3 is 1.05 bits per heavy atom. The summed E-state index contributed by atoms with van der Waals surface area (Å²) in [5.74, 6) is 1.35. The molecule has 0 heterocycles. The van der Waals surface area contributed by atoms with E-state index in [9.17, 15) is 20.4 Å². The second-order valence-corrected chi connectivity index (χ2v) is 10.4. The van der Waals surface area contributed by atoms with Crippen molar-refractivity contribution < 1.29 is 25.2 Å². The third kappa shape index (κ3) is 4.71. The number of fused-ring (bicyclic) bond motifs is 4. The Labute approximate surface area is 238 Å². The minimum absolute atomic E-state index is 0.00179. The van der Waals surface area contributed by atoms with Crippen molar-refractivity contribution in [2.45, 2.75) is 25.7 Å². The van der Waals surface area contributed by atoms with E-state index in [1.54, 1.807) is 0 Å². The molecule has 0 aliphatic carbocycles. The van der Waals surface area contributed by atoms with Crippen LogP contribution in [0.5, 0.6) is 11.5 Å². The normalized spacial score (nSPS) is 11.7. The van der Waals surface area contributed by atoms with Crippen LogP contribution in [0.4, 0.5) is 0 Å². The van der Waals surface area contributed by atoms with E-state index in [1.807, 2.05) is 48.5 Å². The van der Waals surface area contributed by atoms with E-state index in [1.165, 1.54) is 0 Å². The molecule has 208 valence electrons. The Bertz CT molecular complexity index is 1740.